The van der Waals surface area contributed by atoms with Crippen LogP contribution in [0, 0.1) is 0 Å². The summed E-state index contributed by atoms with van der Waals surface area (Å²) in [6.45, 7) is 0. The van der Waals surface area contributed by atoms with Crippen molar-refractivity contribution in [2.75, 3.05) is 0 Å². The smallest absolute Gasteiger partial charge is 0.0787 e. The van der Waals surface area contributed by atoms with E-state index in [-0.39, 0.29) is 0 Å². The molecule has 0 bridgehead atoms. The standard InChI is InChI=1S/C49H31N/c1-4-18-35-32(13-1)16-11-25-38(35)40-21-7-8-23-42(40)47-31-50-49-45-28-27-34-15-3-6-20-37(34)43(45)29-30-46(49)48(47)44-24-10-9-22-41(44)39-26-12-17-33-14-2-5-19-36(33)39/h1-31H. The number of rotatable bonds is 4. The molecule has 10 rings (SSSR count). The normalized spacial score (nSPS) is 11.6. The second-order valence-corrected chi connectivity index (χ2v) is 13.0. The van der Waals surface area contributed by atoms with Gasteiger partial charge >= 0.3 is 0 Å². The highest BCUT2D eigenvalue weighted by Gasteiger charge is 2.21. The first kappa shape index (κ1) is 28.4. The molecule has 0 aliphatic rings. The molecule has 0 N–H and O–H groups in total. The summed E-state index contributed by atoms with van der Waals surface area (Å²) in [7, 11) is 0. The number of aromatic nitrogens is 1. The van der Waals surface area contributed by atoms with Gasteiger partial charge in [0.15, 0.2) is 0 Å². The van der Waals surface area contributed by atoms with E-state index in [1.54, 1.807) is 0 Å². The molecule has 0 unspecified atom stereocenters. The van der Waals surface area contributed by atoms with Crippen LogP contribution in [-0.4, -0.2) is 4.98 Å². The highest BCUT2D eigenvalue weighted by atomic mass is 14.7. The van der Waals surface area contributed by atoms with Crippen molar-refractivity contribution < 1.29 is 0 Å². The zero-order valence-corrected chi connectivity index (χ0v) is 27.3. The van der Waals surface area contributed by atoms with E-state index in [4.69, 9.17) is 4.98 Å². The van der Waals surface area contributed by atoms with Crippen LogP contribution in [0.25, 0.3) is 98.5 Å². The molecular weight excluding hydrogens is 603 g/mol. The molecule has 0 fully saturated rings. The second kappa shape index (κ2) is 11.5. The van der Waals surface area contributed by atoms with Crippen molar-refractivity contribution in [1.82, 2.24) is 4.98 Å². The average molecular weight is 634 g/mol. The summed E-state index contributed by atoms with van der Waals surface area (Å²) in [5, 5.41) is 11.0. The van der Waals surface area contributed by atoms with Gasteiger partial charge in [0.2, 0.25) is 0 Å². The van der Waals surface area contributed by atoms with Crippen LogP contribution in [0.1, 0.15) is 0 Å². The zero-order valence-electron chi connectivity index (χ0n) is 27.3. The third-order valence-corrected chi connectivity index (χ3v) is 10.3. The third kappa shape index (κ3) is 4.45. The van der Waals surface area contributed by atoms with Gasteiger partial charge in [0.1, 0.15) is 0 Å². The van der Waals surface area contributed by atoms with E-state index >= 15 is 0 Å². The van der Waals surface area contributed by atoms with E-state index < -0.39 is 0 Å². The molecule has 0 saturated carbocycles. The van der Waals surface area contributed by atoms with Crippen LogP contribution in [0.5, 0.6) is 0 Å². The molecule has 10 aromatic rings. The molecule has 0 saturated heterocycles. The monoisotopic (exact) mass is 633 g/mol. The van der Waals surface area contributed by atoms with Crippen molar-refractivity contribution in [1.29, 1.82) is 0 Å². The number of nitrogens with zero attached hydrogens (tertiary/aromatic N) is 1. The Kier molecular flexibility index (Phi) is 6.57. The highest BCUT2D eigenvalue weighted by Crippen LogP contribution is 2.47. The molecule has 50 heavy (non-hydrogen) atoms. The SMILES string of the molecule is c1ccc(-c2cccc3ccccc23)c(-c2cnc3c(ccc4c5ccccc5ccc43)c2-c2ccccc2-c2cccc3ccccc23)c1. The molecule has 0 atom stereocenters. The van der Waals surface area contributed by atoms with Crippen LogP contribution in [0.4, 0.5) is 0 Å². The Labute approximate surface area is 290 Å². The quantitative estimate of drug-likeness (QED) is 0.176. The van der Waals surface area contributed by atoms with Gasteiger partial charge in [-0.2, -0.15) is 0 Å². The fraction of sp³-hybridized carbons (Fsp3) is 0. The van der Waals surface area contributed by atoms with Gasteiger partial charge < -0.3 is 0 Å². The predicted molar refractivity (Wildman–Crippen MR) is 214 cm³/mol. The maximum atomic E-state index is 5.33. The third-order valence-electron chi connectivity index (χ3n) is 10.3. The van der Waals surface area contributed by atoms with Gasteiger partial charge in [-0.1, -0.05) is 182 Å². The fourth-order valence-corrected chi connectivity index (χ4v) is 8.06. The minimum atomic E-state index is 1.02. The summed E-state index contributed by atoms with van der Waals surface area (Å²) in [5.74, 6) is 0. The Morgan fingerprint density at radius 1 is 0.240 bits per heavy atom. The highest BCUT2D eigenvalue weighted by molar-refractivity contribution is 6.20. The molecule has 1 heteroatoms. The fourth-order valence-electron chi connectivity index (χ4n) is 8.06. The van der Waals surface area contributed by atoms with E-state index in [1.807, 2.05) is 0 Å². The van der Waals surface area contributed by atoms with E-state index in [0.29, 0.717) is 0 Å². The lowest BCUT2D eigenvalue weighted by molar-refractivity contribution is 1.42. The van der Waals surface area contributed by atoms with E-state index in [0.717, 1.165) is 16.5 Å². The molecule has 0 spiro atoms. The van der Waals surface area contributed by atoms with E-state index in [9.17, 15) is 0 Å². The van der Waals surface area contributed by atoms with Crippen molar-refractivity contribution in [2.45, 2.75) is 0 Å². The maximum absolute atomic E-state index is 5.33. The molecule has 232 valence electrons. The first-order chi connectivity index (χ1) is 24.8. The lowest BCUT2D eigenvalue weighted by atomic mass is 9.84. The van der Waals surface area contributed by atoms with Gasteiger partial charge in [-0.25, -0.2) is 0 Å². The molecule has 0 aliphatic carbocycles. The van der Waals surface area contributed by atoms with Crippen molar-refractivity contribution in [3.63, 3.8) is 0 Å². The molecular formula is C49H31N. The summed E-state index contributed by atoms with van der Waals surface area (Å²) < 4.78 is 0. The summed E-state index contributed by atoms with van der Waals surface area (Å²) in [5.41, 5.74) is 10.5. The van der Waals surface area contributed by atoms with Gasteiger partial charge in [-0.05, 0) is 71.1 Å². The minimum Gasteiger partial charge on any atom is -0.255 e. The van der Waals surface area contributed by atoms with Crippen LogP contribution < -0.4 is 0 Å². The number of hydrogen-bond acceptors (Lipinski definition) is 1. The first-order valence-electron chi connectivity index (χ1n) is 17.2. The second-order valence-electron chi connectivity index (χ2n) is 13.0. The largest absolute Gasteiger partial charge is 0.255 e. The Morgan fingerprint density at radius 3 is 1.30 bits per heavy atom. The van der Waals surface area contributed by atoms with Crippen LogP contribution in [0.15, 0.2) is 188 Å². The predicted octanol–water partition coefficient (Wildman–Crippen LogP) is 13.5. The Hall–Kier alpha value is -6.57. The Morgan fingerprint density at radius 2 is 0.660 bits per heavy atom. The van der Waals surface area contributed by atoms with Crippen LogP contribution in [0.3, 0.4) is 0 Å². The topological polar surface area (TPSA) is 12.9 Å². The lowest BCUT2D eigenvalue weighted by Gasteiger charge is -2.21. The van der Waals surface area contributed by atoms with Gasteiger partial charge in [-0.3, -0.25) is 4.98 Å². The Bertz CT molecular complexity index is 2920. The van der Waals surface area contributed by atoms with Gasteiger partial charge in [0.25, 0.3) is 0 Å². The van der Waals surface area contributed by atoms with Crippen molar-refractivity contribution in [3.05, 3.63) is 188 Å². The van der Waals surface area contributed by atoms with Gasteiger partial charge in [0, 0.05) is 28.1 Å². The summed E-state index contributed by atoms with van der Waals surface area (Å²) in [4.78, 5) is 5.33. The molecule has 1 heterocycles. The average Bonchev–Trinajstić information content (AvgIpc) is 3.19. The van der Waals surface area contributed by atoms with E-state index in [1.165, 1.54) is 82.0 Å². The van der Waals surface area contributed by atoms with Crippen molar-refractivity contribution in [2.24, 2.45) is 0 Å². The van der Waals surface area contributed by atoms with Crippen molar-refractivity contribution >= 4 is 54.0 Å². The zero-order chi connectivity index (χ0) is 33.0. The first-order valence-corrected chi connectivity index (χ1v) is 17.2. The minimum absolute atomic E-state index is 1.02. The number of pyridine rings is 1. The molecule has 0 aliphatic heterocycles. The van der Waals surface area contributed by atoms with Crippen LogP contribution in [-0.2, 0) is 0 Å². The van der Waals surface area contributed by atoms with Gasteiger partial charge in [-0.15, -0.1) is 0 Å². The number of fused-ring (bicyclic) bond motifs is 7. The summed E-state index contributed by atoms with van der Waals surface area (Å²) >= 11 is 0. The summed E-state index contributed by atoms with van der Waals surface area (Å²) in [6, 6.07) is 66.0. The molecule has 9 aromatic carbocycles. The lowest BCUT2D eigenvalue weighted by Crippen LogP contribution is -1.96. The molecule has 1 aromatic heterocycles. The number of hydrogen-bond donors (Lipinski definition) is 0. The van der Waals surface area contributed by atoms with E-state index in [2.05, 4.69) is 188 Å². The number of benzene rings is 9. The molecule has 0 radical (unpaired) electrons. The van der Waals surface area contributed by atoms with Gasteiger partial charge in [0.05, 0.1) is 5.52 Å². The van der Waals surface area contributed by atoms with Crippen molar-refractivity contribution in [3.8, 4) is 44.5 Å². The summed E-state index contributed by atoms with van der Waals surface area (Å²) in [6.07, 6.45) is 2.12. The molecule has 0 amide bonds. The van der Waals surface area contributed by atoms with Crippen LogP contribution in [0.2, 0.25) is 0 Å². The maximum Gasteiger partial charge on any atom is 0.0787 e. The Balaban J connectivity index is 1.33. The molecule has 1 nitrogen and oxygen atoms in total. The van der Waals surface area contributed by atoms with Crippen LogP contribution >= 0.6 is 0 Å².